The molecule has 2 N–H and O–H groups in total. The maximum absolute atomic E-state index is 11.9. The normalized spacial score (nSPS) is 10.3. The Balaban J connectivity index is 0.00000204. The smallest absolute Gasteiger partial charge is 0.163 e. The molecule has 150 valence electrons. The number of rotatable bonds is 8. The van der Waals surface area contributed by atoms with Crippen LogP contribution in [-0.2, 0) is 9.59 Å². The number of hydrogen-bond donors (Lipinski definition) is 2. The van der Waals surface area contributed by atoms with E-state index in [0.29, 0.717) is 22.6 Å². The third kappa shape index (κ3) is 7.23. The van der Waals surface area contributed by atoms with E-state index in [1.807, 2.05) is 0 Å². The molecule has 0 radical (unpaired) electrons. The van der Waals surface area contributed by atoms with Crippen molar-refractivity contribution in [2.75, 3.05) is 14.2 Å². The maximum Gasteiger partial charge on any atom is 0.163 e. The number of hydrogen-bond acceptors (Lipinski definition) is 7. The summed E-state index contributed by atoms with van der Waals surface area (Å²) in [5, 5.41) is 25.6. The fraction of sp³-hybridized carbons (Fsp3) is 0.136. The Morgan fingerprint density at radius 1 is 0.862 bits per heavy atom. The number of benzene rings is 2. The molecule has 2 aromatic rings. The maximum atomic E-state index is 11.9. The van der Waals surface area contributed by atoms with Crippen molar-refractivity contribution < 1.29 is 29.3 Å². The van der Waals surface area contributed by atoms with E-state index in [1.165, 1.54) is 38.5 Å². The van der Waals surface area contributed by atoms with Crippen LogP contribution in [-0.4, -0.2) is 36.0 Å². The summed E-state index contributed by atoms with van der Waals surface area (Å²) in [6.07, 6.45) is 5.44. The molecule has 0 saturated carbocycles. The lowest BCUT2D eigenvalue weighted by molar-refractivity contribution is -0.121. The fourth-order valence-electron chi connectivity index (χ4n) is 2.26. The summed E-state index contributed by atoms with van der Waals surface area (Å²) in [5.74, 6) is -0.0832. The number of carbonyl (C=O) groups excluding carboxylic acids is 2. The van der Waals surface area contributed by atoms with Crippen LogP contribution >= 0.6 is 0 Å². The van der Waals surface area contributed by atoms with E-state index in [4.69, 9.17) is 14.7 Å². The van der Waals surface area contributed by atoms with Gasteiger partial charge in [-0.15, -0.1) is 0 Å². The van der Waals surface area contributed by atoms with Crippen molar-refractivity contribution in [2.24, 2.45) is 0 Å². The van der Waals surface area contributed by atoms with E-state index in [1.54, 1.807) is 36.4 Å². The second kappa shape index (κ2) is 11.6. The lowest BCUT2D eigenvalue weighted by atomic mass is 10.1. The molecular formula is C22H21NO6. The number of ketones is 2. The van der Waals surface area contributed by atoms with Crippen molar-refractivity contribution in [3.8, 4) is 29.6 Å². The molecule has 2 aromatic carbocycles. The minimum Gasteiger partial charge on any atom is -0.504 e. The quantitative estimate of drug-likeness (QED) is 0.519. The number of nitrogens with zero attached hydrogens (tertiary/aromatic N) is 1. The van der Waals surface area contributed by atoms with Crippen molar-refractivity contribution in [3.63, 3.8) is 0 Å². The van der Waals surface area contributed by atoms with Gasteiger partial charge >= 0.3 is 0 Å². The molecule has 0 fully saturated rings. The zero-order valence-electron chi connectivity index (χ0n) is 16.0. The zero-order valence-corrected chi connectivity index (χ0v) is 16.0. The number of nitriles is 1. The van der Waals surface area contributed by atoms with E-state index in [9.17, 15) is 19.8 Å². The van der Waals surface area contributed by atoms with Crippen molar-refractivity contribution in [1.82, 2.24) is 0 Å². The summed E-state index contributed by atoms with van der Waals surface area (Å²) in [4.78, 5) is 23.9. The van der Waals surface area contributed by atoms with Gasteiger partial charge in [0.1, 0.15) is 0 Å². The molecule has 0 heterocycles. The van der Waals surface area contributed by atoms with Crippen LogP contribution in [0.25, 0.3) is 12.2 Å². The highest BCUT2D eigenvalue weighted by molar-refractivity contribution is 6.10. The number of methoxy groups -OCH3 is 2. The highest BCUT2D eigenvalue weighted by atomic mass is 16.5. The SMILES string of the molecule is C#N.COc1cc(/C=C/C(=O)CC(=O)/C=C/c2ccc(O)c(OC)c2)ccc1O. The number of carbonyl (C=O) groups is 2. The average Bonchev–Trinajstić information content (AvgIpc) is 2.74. The second-order valence-electron chi connectivity index (χ2n) is 5.64. The van der Waals surface area contributed by atoms with Crippen LogP contribution in [0.15, 0.2) is 48.6 Å². The fourth-order valence-corrected chi connectivity index (χ4v) is 2.26. The third-order valence-corrected chi connectivity index (χ3v) is 3.68. The van der Waals surface area contributed by atoms with Gasteiger partial charge in [-0.3, -0.25) is 9.59 Å². The summed E-state index contributed by atoms with van der Waals surface area (Å²) in [7, 11) is 2.87. The molecular weight excluding hydrogens is 374 g/mol. The predicted octanol–water partition coefficient (Wildman–Crippen LogP) is 3.51. The first-order chi connectivity index (χ1) is 13.9. The molecule has 7 nitrogen and oxygen atoms in total. The van der Waals surface area contributed by atoms with Gasteiger partial charge in [0.05, 0.1) is 20.6 Å². The van der Waals surface area contributed by atoms with Gasteiger partial charge in [-0.05, 0) is 47.5 Å². The molecule has 0 amide bonds. The molecule has 0 aliphatic carbocycles. The molecule has 0 aliphatic heterocycles. The van der Waals surface area contributed by atoms with Gasteiger partial charge in [0.2, 0.25) is 0 Å². The Morgan fingerprint density at radius 3 is 1.59 bits per heavy atom. The van der Waals surface area contributed by atoms with Crippen molar-refractivity contribution in [3.05, 3.63) is 59.7 Å². The largest absolute Gasteiger partial charge is 0.504 e. The van der Waals surface area contributed by atoms with Crippen LogP contribution in [0.5, 0.6) is 23.0 Å². The first-order valence-corrected chi connectivity index (χ1v) is 8.34. The predicted molar refractivity (Wildman–Crippen MR) is 109 cm³/mol. The Morgan fingerprint density at radius 2 is 1.24 bits per heavy atom. The summed E-state index contributed by atoms with van der Waals surface area (Å²) in [6.45, 7) is 3.50. The van der Waals surface area contributed by atoms with Gasteiger partial charge in [-0.25, -0.2) is 5.26 Å². The Labute approximate surface area is 168 Å². The van der Waals surface area contributed by atoms with Crippen LogP contribution in [0.1, 0.15) is 17.5 Å². The topological polar surface area (TPSA) is 117 Å². The molecule has 2 rings (SSSR count). The summed E-state index contributed by atoms with van der Waals surface area (Å²) in [5.41, 5.74) is 1.33. The second-order valence-corrected chi connectivity index (χ2v) is 5.64. The van der Waals surface area contributed by atoms with Crippen LogP contribution in [0, 0.1) is 11.8 Å². The summed E-state index contributed by atoms with van der Waals surface area (Å²) in [6, 6.07) is 9.34. The number of allylic oxidation sites excluding steroid dienone is 2. The highest BCUT2D eigenvalue weighted by Crippen LogP contribution is 2.27. The lowest BCUT2D eigenvalue weighted by Gasteiger charge is -2.03. The Bertz CT molecular complexity index is 870. The van der Waals surface area contributed by atoms with E-state index < -0.39 is 0 Å². The van der Waals surface area contributed by atoms with E-state index in [-0.39, 0.29) is 29.5 Å². The van der Waals surface area contributed by atoms with Gasteiger partial charge in [0, 0.05) is 6.57 Å². The molecule has 7 heteroatoms. The summed E-state index contributed by atoms with van der Waals surface area (Å²) < 4.78 is 10.00. The Kier molecular flexibility index (Phi) is 9.21. The molecule has 29 heavy (non-hydrogen) atoms. The standard InChI is InChI=1S/C21H20O6.CHN/c1-26-20-11-14(5-9-18(20)24)3-7-16(22)13-17(23)8-4-15-6-10-19(25)21(12-15)27-2;1-2/h3-12,24-25H,13H2,1-2H3;1H/b7-3+,8-4+;. The van der Waals surface area contributed by atoms with E-state index >= 15 is 0 Å². The van der Waals surface area contributed by atoms with Gasteiger partial charge in [0.15, 0.2) is 34.6 Å². The van der Waals surface area contributed by atoms with Crippen LogP contribution in [0.2, 0.25) is 0 Å². The highest BCUT2D eigenvalue weighted by Gasteiger charge is 2.06. The van der Waals surface area contributed by atoms with Crippen molar-refractivity contribution in [2.45, 2.75) is 6.42 Å². The van der Waals surface area contributed by atoms with Crippen LogP contribution in [0.4, 0.5) is 0 Å². The molecule has 0 aromatic heterocycles. The average molecular weight is 395 g/mol. The Hall–Kier alpha value is -4.05. The number of aromatic hydroxyl groups is 2. The van der Waals surface area contributed by atoms with Crippen LogP contribution < -0.4 is 9.47 Å². The van der Waals surface area contributed by atoms with Gasteiger partial charge < -0.3 is 19.7 Å². The lowest BCUT2D eigenvalue weighted by Crippen LogP contribution is -2.01. The van der Waals surface area contributed by atoms with Crippen molar-refractivity contribution in [1.29, 1.82) is 5.26 Å². The van der Waals surface area contributed by atoms with Crippen molar-refractivity contribution >= 4 is 23.7 Å². The summed E-state index contributed by atoms with van der Waals surface area (Å²) >= 11 is 0. The minimum absolute atomic E-state index is 0.00662. The van der Waals surface area contributed by atoms with Gasteiger partial charge in [-0.2, -0.15) is 0 Å². The number of phenols is 2. The first-order valence-electron chi connectivity index (χ1n) is 8.34. The molecule has 0 saturated heterocycles. The van der Waals surface area contributed by atoms with Gasteiger partial charge in [0.25, 0.3) is 0 Å². The monoisotopic (exact) mass is 395 g/mol. The molecule has 0 aliphatic rings. The molecule has 0 spiro atoms. The first kappa shape index (κ1) is 23.0. The zero-order chi connectivity index (χ0) is 21.8. The number of ether oxygens (including phenoxy) is 2. The van der Waals surface area contributed by atoms with Crippen LogP contribution in [0.3, 0.4) is 0 Å². The molecule has 0 bridgehead atoms. The molecule has 0 unspecified atom stereocenters. The van der Waals surface area contributed by atoms with Gasteiger partial charge in [-0.1, -0.05) is 24.3 Å². The minimum atomic E-state index is -0.347. The molecule has 0 atom stereocenters. The van der Waals surface area contributed by atoms with E-state index in [0.717, 1.165) is 0 Å². The third-order valence-electron chi connectivity index (χ3n) is 3.68. The van der Waals surface area contributed by atoms with E-state index in [2.05, 4.69) is 6.57 Å². The number of phenolic OH excluding ortho intramolecular Hbond substituents is 2.